The molecule has 0 radical (unpaired) electrons. The van der Waals surface area contributed by atoms with E-state index in [1.807, 2.05) is 110 Å². The average Bonchev–Trinajstić information content (AvgIpc) is 3.81. The number of ether oxygens (including phenoxy) is 1. The molecule has 0 unspecified atom stereocenters. The van der Waals surface area contributed by atoms with E-state index in [0.717, 1.165) is 51.8 Å². The number of amides is 2. The number of carboxylic acids is 2. The summed E-state index contributed by atoms with van der Waals surface area (Å²) >= 11 is 0. The molecule has 1 heterocycles. The summed E-state index contributed by atoms with van der Waals surface area (Å²) < 4.78 is 5.07. The second kappa shape index (κ2) is 32.9. The van der Waals surface area contributed by atoms with Crippen molar-refractivity contribution < 1.29 is 128 Å². The van der Waals surface area contributed by atoms with Gasteiger partial charge in [-0.05, 0) is 77.5 Å². The molecule has 1 aromatic heterocycles. The molecule has 0 saturated carbocycles. The Morgan fingerprint density at radius 2 is 1.30 bits per heavy atom. The van der Waals surface area contributed by atoms with E-state index >= 15 is 0 Å². The first-order valence-corrected chi connectivity index (χ1v) is 21.0. The van der Waals surface area contributed by atoms with E-state index in [1.165, 1.54) is 4.90 Å². The molecule has 0 bridgehead atoms. The van der Waals surface area contributed by atoms with Crippen molar-refractivity contribution in [2.45, 2.75) is 106 Å². The van der Waals surface area contributed by atoms with Crippen molar-refractivity contribution in [3.63, 3.8) is 0 Å². The van der Waals surface area contributed by atoms with Crippen molar-refractivity contribution in [2.24, 2.45) is 11.8 Å². The molecule has 0 aliphatic heterocycles. The van der Waals surface area contributed by atoms with E-state index in [4.69, 9.17) is 4.74 Å². The third-order valence-electron chi connectivity index (χ3n) is 10.2. The van der Waals surface area contributed by atoms with Gasteiger partial charge in [-0.1, -0.05) is 145 Å². The van der Waals surface area contributed by atoms with E-state index in [-0.39, 0.29) is 151 Å². The van der Waals surface area contributed by atoms with Crippen LogP contribution in [0.2, 0.25) is 0 Å². The first kappa shape index (κ1) is 62.3. The minimum absolute atomic E-state index is 0. The van der Waals surface area contributed by atoms with Gasteiger partial charge in [0.1, 0.15) is 0 Å². The Morgan fingerprint density at radius 3 is 1.85 bits per heavy atom. The summed E-state index contributed by atoms with van der Waals surface area (Å²) in [4.78, 5) is 60.9. The van der Waals surface area contributed by atoms with Crippen LogP contribution in [0, 0.1) is 11.8 Å². The molecule has 0 fully saturated rings. The normalized spacial score (nSPS) is 11.5. The van der Waals surface area contributed by atoms with Crippen LogP contribution < -0.4 is 109 Å². The van der Waals surface area contributed by atoms with Crippen LogP contribution in [-0.4, -0.2) is 68.8 Å². The Hall–Kier alpha value is -3.70. The summed E-state index contributed by atoms with van der Waals surface area (Å²) in [6, 6.07) is 32.1. The molecule has 3 atom stereocenters. The molecule has 0 saturated heterocycles. The fraction of sp³-hybridized carbons (Fsp3) is 0.388. The Labute approximate surface area is 455 Å². The second-order valence-electron chi connectivity index (χ2n) is 15.4. The van der Waals surface area contributed by atoms with Crippen LogP contribution in [0.5, 0.6) is 0 Å². The molecule has 1 N–H and O–H groups in total. The van der Waals surface area contributed by atoms with Crippen molar-refractivity contribution in [1.82, 2.24) is 30.8 Å². The molecule has 5 rings (SSSR count). The molecule has 2 amide bonds. The maximum Gasteiger partial charge on any atom is 1.00 e. The summed E-state index contributed by atoms with van der Waals surface area (Å²) in [6.07, 6.45) is 2.34. The predicted molar refractivity (Wildman–Crippen MR) is 237 cm³/mol. The van der Waals surface area contributed by atoms with Crippen LogP contribution in [0.1, 0.15) is 91.7 Å². The van der Waals surface area contributed by atoms with Crippen molar-refractivity contribution in [1.29, 1.82) is 0 Å². The molecule has 14 nitrogen and oxygen atoms in total. The summed E-state index contributed by atoms with van der Waals surface area (Å²) in [7, 11) is 0. The van der Waals surface area contributed by atoms with Crippen LogP contribution in [0.15, 0.2) is 103 Å². The average molecular weight is 929 g/mol. The molecule has 4 aromatic carbocycles. The number of unbranched alkanes of at least 4 members (excludes halogenated alkanes) is 1. The van der Waals surface area contributed by atoms with Crippen LogP contribution in [0.25, 0.3) is 33.6 Å². The summed E-state index contributed by atoms with van der Waals surface area (Å²) in [5, 5.41) is 40.3. The van der Waals surface area contributed by atoms with Gasteiger partial charge in [0, 0.05) is 37.2 Å². The molecular weight excluding hydrogens is 870 g/mol. The van der Waals surface area contributed by atoms with E-state index < -0.39 is 18.0 Å². The van der Waals surface area contributed by atoms with Gasteiger partial charge in [-0.3, -0.25) is 24.7 Å². The summed E-state index contributed by atoms with van der Waals surface area (Å²) in [5.74, 6) is -3.55. The van der Waals surface area contributed by atoms with Gasteiger partial charge >= 0.3 is 94.6 Å². The van der Waals surface area contributed by atoms with Gasteiger partial charge in [0.25, 0.3) is 0 Å². The van der Waals surface area contributed by atoms with Crippen LogP contribution in [0.4, 0.5) is 0 Å². The van der Waals surface area contributed by atoms with Gasteiger partial charge in [-0.25, -0.2) is 0 Å². The van der Waals surface area contributed by atoms with Crippen molar-refractivity contribution in [3.8, 4) is 33.6 Å². The van der Waals surface area contributed by atoms with Gasteiger partial charge in [-0.15, -0.1) is 0 Å². The van der Waals surface area contributed by atoms with Crippen LogP contribution >= 0.6 is 0 Å². The number of hydrogen-bond donors (Lipinski definition) is 1. The first-order chi connectivity index (χ1) is 29.8. The standard InChI is InChI=1S/C24H29N5O3.C24H29NO5.CH4.3Na/c1-4-5-10-21(30)29(22(16(2)3)24(31)32)15-17-11-13-18(14-12-17)19-8-6-7-9-20(19)23-25-27-28-26-23;1-3-30-24(29)17(2)15-21(25-22(26)13-14-23(27)28)16-18-9-11-20(12-10-18)19-7-5-4-6-8-19;;;;/h6-9,11-14,16,22H,4-5,10,15H2,1-3H3,(H2,25,26,27,28,31,32);4-12,17,21H,3,13-16H2,1-2H3,(H,25,26)(H,27,28);1H4;;;/q;;;3*+1/p-3/t22-;17-,21+;;;;/m01..../s1. The maximum absolute atomic E-state index is 12.8. The Bertz CT molecular complexity index is 2200. The van der Waals surface area contributed by atoms with Gasteiger partial charge in [-0.2, -0.15) is 5.21 Å². The number of tetrazole rings is 1. The quantitative estimate of drug-likeness (QED) is 0.0565. The number of rotatable bonds is 21. The third kappa shape index (κ3) is 20.3. The fourth-order valence-corrected chi connectivity index (χ4v) is 7.01. The van der Waals surface area contributed by atoms with Crippen LogP contribution in [0.3, 0.4) is 0 Å². The zero-order valence-electron chi connectivity index (χ0n) is 39.0. The molecule has 66 heavy (non-hydrogen) atoms. The van der Waals surface area contributed by atoms with Gasteiger partial charge in [0.05, 0.1) is 24.5 Å². The molecule has 5 aromatic rings. The Kier molecular flexibility index (Phi) is 31.1. The topological polar surface area (TPSA) is 209 Å². The van der Waals surface area contributed by atoms with E-state index in [0.29, 0.717) is 31.7 Å². The zero-order chi connectivity index (χ0) is 45.0. The Balaban J connectivity index is 0.00000121. The van der Waals surface area contributed by atoms with Crippen molar-refractivity contribution in [3.05, 3.63) is 114 Å². The molecule has 336 valence electrons. The predicted octanol–water partition coefficient (Wildman–Crippen LogP) is -3.40. The van der Waals surface area contributed by atoms with Gasteiger partial charge in [0.2, 0.25) is 11.8 Å². The van der Waals surface area contributed by atoms with Gasteiger partial charge < -0.3 is 39.9 Å². The molecule has 0 aliphatic rings. The fourth-order valence-electron chi connectivity index (χ4n) is 7.01. The smallest absolute Gasteiger partial charge is 0.550 e. The number of esters is 1. The monoisotopic (exact) mass is 928 g/mol. The van der Waals surface area contributed by atoms with Crippen molar-refractivity contribution >= 4 is 29.7 Å². The largest absolute Gasteiger partial charge is 1.00 e. The number of carbonyl (C=O) groups is 5. The van der Waals surface area contributed by atoms with E-state index in [9.17, 15) is 34.2 Å². The number of benzene rings is 4. The van der Waals surface area contributed by atoms with Crippen molar-refractivity contribution in [2.75, 3.05) is 6.61 Å². The minimum atomic E-state index is -1.27. The minimum Gasteiger partial charge on any atom is -0.550 e. The summed E-state index contributed by atoms with van der Waals surface area (Å²) in [6.45, 7) is 9.59. The first-order valence-electron chi connectivity index (χ1n) is 21.0. The molecule has 0 spiro atoms. The number of carboxylic acid groups (broad SMARTS) is 2. The number of nitrogens with zero attached hydrogens (tertiary/aromatic N) is 5. The van der Waals surface area contributed by atoms with Gasteiger partial charge in [0.15, 0.2) is 0 Å². The SMILES string of the molecule is C.CCCCC(=O)N(Cc1ccc(-c2ccccc2-c2nnn[n-]2)cc1)[C@H](C(=O)[O-])C(C)C.CCOC(=O)[C@H](C)C[C@@H](Cc1ccc(-c2ccccc2)cc1)NC(=O)CCC(=O)[O-].[Na+].[Na+].[Na+]. The molecule has 17 heteroatoms. The number of nitrogens with one attached hydrogen (secondary N) is 1. The number of carbonyl (C=O) groups excluding carboxylic acids is 5. The maximum atomic E-state index is 12.8. The molecule has 0 aliphatic carbocycles. The number of aromatic nitrogens is 4. The van der Waals surface area contributed by atoms with Crippen LogP contribution in [-0.2, 0) is 41.7 Å². The number of hydrogen-bond acceptors (Lipinski definition) is 11. The van der Waals surface area contributed by atoms with E-state index in [2.05, 4.69) is 25.9 Å². The van der Waals surface area contributed by atoms with E-state index in [1.54, 1.807) is 27.7 Å². The Morgan fingerprint density at radius 1 is 0.727 bits per heavy atom. The number of aliphatic carboxylic acids is 2. The molecular formula is C49H59N6Na3O8. The second-order valence-corrected chi connectivity index (χ2v) is 15.4. The zero-order valence-corrected chi connectivity index (χ0v) is 45.0. The summed E-state index contributed by atoms with van der Waals surface area (Å²) in [5.41, 5.74) is 6.75. The third-order valence-corrected chi connectivity index (χ3v) is 10.2.